The van der Waals surface area contributed by atoms with Gasteiger partial charge >= 0.3 is 0 Å². The number of nitrogens with one attached hydrogen (secondary N) is 3. The summed E-state index contributed by atoms with van der Waals surface area (Å²) in [6, 6.07) is 7.75. The lowest BCUT2D eigenvalue weighted by Gasteiger charge is -2.12. The molecular formula is C21H31N5O2S. The third-order valence-electron chi connectivity index (χ3n) is 4.66. The summed E-state index contributed by atoms with van der Waals surface area (Å²) in [5, 5.41) is 8.14. The summed E-state index contributed by atoms with van der Waals surface area (Å²) >= 11 is 5.16. The van der Waals surface area contributed by atoms with Crippen LogP contribution in [0, 0.1) is 19.8 Å². The predicted octanol–water partition coefficient (Wildman–Crippen LogP) is 2.97. The van der Waals surface area contributed by atoms with Crippen LogP contribution in [-0.4, -0.2) is 34.5 Å². The number of benzene rings is 1. The topological polar surface area (TPSA) is 80.2 Å². The normalized spacial score (nSPS) is 10.7. The molecule has 2 rings (SSSR count). The molecule has 0 aliphatic rings. The van der Waals surface area contributed by atoms with Crippen molar-refractivity contribution in [3.63, 3.8) is 0 Å². The van der Waals surface area contributed by atoms with Gasteiger partial charge < -0.3 is 10.1 Å². The van der Waals surface area contributed by atoms with E-state index in [0.717, 1.165) is 41.4 Å². The van der Waals surface area contributed by atoms with E-state index >= 15 is 0 Å². The summed E-state index contributed by atoms with van der Waals surface area (Å²) in [6.45, 7) is 9.06. The number of ether oxygens (including phenoxy) is 1. The lowest BCUT2D eigenvalue weighted by Crippen LogP contribution is -2.47. The summed E-state index contributed by atoms with van der Waals surface area (Å²) < 4.78 is 7.18. The standard InChI is InChI=1S/C21H31N5O2S/c1-14(2)11-12-22-21(29)24-23-20(27)10-9-19-15(3)25-26(16(19)4)17-7-6-8-18(13-17)28-5/h6-8,13-14H,9-12H2,1-5H3,(H,23,27)(H2,22,24,29). The number of rotatable bonds is 8. The zero-order valence-electron chi connectivity index (χ0n) is 17.8. The first-order chi connectivity index (χ1) is 13.8. The zero-order chi connectivity index (χ0) is 21.4. The number of aromatic nitrogens is 2. The molecule has 3 N–H and O–H groups in total. The quantitative estimate of drug-likeness (QED) is 0.453. The van der Waals surface area contributed by atoms with Gasteiger partial charge in [0.1, 0.15) is 5.75 Å². The summed E-state index contributed by atoms with van der Waals surface area (Å²) in [7, 11) is 1.64. The minimum absolute atomic E-state index is 0.120. The molecule has 1 aromatic carbocycles. The SMILES string of the molecule is COc1cccc(-n2nc(C)c(CCC(=O)NNC(=S)NCCC(C)C)c2C)c1. The third-order valence-corrected chi connectivity index (χ3v) is 4.91. The van der Waals surface area contributed by atoms with E-state index in [-0.39, 0.29) is 5.91 Å². The molecule has 0 saturated carbocycles. The second-order valence-corrected chi connectivity index (χ2v) is 7.78. The van der Waals surface area contributed by atoms with Crippen LogP contribution < -0.4 is 20.9 Å². The summed E-state index contributed by atoms with van der Waals surface area (Å²) in [4.78, 5) is 12.2. The predicted molar refractivity (Wildman–Crippen MR) is 119 cm³/mol. The molecule has 0 spiro atoms. The first kappa shape index (κ1) is 22.7. The molecule has 158 valence electrons. The molecule has 0 unspecified atom stereocenters. The zero-order valence-corrected chi connectivity index (χ0v) is 18.7. The van der Waals surface area contributed by atoms with Crippen LogP contribution >= 0.6 is 12.2 Å². The van der Waals surface area contributed by atoms with Gasteiger partial charge in [-0.2, -0.15) is 5.10 Å². The number of hydrogen-bond acceptors (Lipinski definition) is 4. The average molecular weight is 418 g/mol. The molecule has 0 saturated heterocycles. The Hall–Kier alpha value is -2.61. The van der Waals surface area contributed by atoms with Crippen LogP contribution in [-0.2, 0) is 11.2 Å². The fraction of sp³-hybridized carbons (Fsp3) is 0.476. The van der Waals surface area contributed by atoms with Gasteiger partial charge in [0.15, 0.2) is 5.11 Å². The number of hydrogen-bond donors (Lipinski definition) is 3. The van der Waals surface area contributed by atoms with Crippen LogP contribution in [0.3, 0.4) is 0 Å². The second-order valence-electron chi connectivity index (χ2n) is 7.37. The average Bonchev–Trinajstić information content (AvgIpc) is 2.98. The van der Waals surface area contributed by atoms with Gasteiger partial charge in [0.05, 0.1) is 18.5 Å². The van der Waals surface area contributed by atoms with Crippen molar-refractivity contribution in [2.24, 2.45) is 5.92 Å². The van der Waals surface area contributed by atoms with E-state index in [1.165, 1.54) is 0 Å². The molecule has 0 aliphatic carbocycles. The van der Waals surface area contributed by atoms with Crippen LogP contribution in [0.5, 0.6) is 5.75 Å². The van der Waals surface area contributed by atoms with Crippen molar-refractivity contribution in [2.75, 3.05) is 13.7 Å². The maximum atomic E-state index is 12.2. The van der Waals surface area contributed by atoms with E-state index in [1.54, 1.807) is 7.11 Å². The van der Waals surface area contributed by atoms with E-state index in [9.17, 15) is 4.79 Å². The lowest BCUT2D eigenvalue weighted by molar-refractivity contribution is -0.121. The van der Waals surface area contributed by atoms with Gasteiger partial charge in [0, 0.05) is 24.7 Å². The monoisotopic (exact) mass is 417 g/mol. The van der Waals surface area contributed by atoms with Gasteiger partial charge in [-0.25, -0.2) is 4.68 Å². The van der Waals surface area contributed by atoms with Crippen LogP contribution in [0.2, 0.25) is 0 Å². The Balaban J connectivity index is 1.90. The molecule has 0 aliphatic heterocycles. The van der Waals surface area contributed by atoms with E-state index in [4.69, 9.17) is 17.0 Å². The fourth-order valence-corrected chi connectivity index (χ4v) is 3.13. The molecule has 2 aromatic rings. The highest BCUT2D eigenvalue weighted by Crippen LogP contribution is 2.22. The number of amides is 1. The molecule has 1 heterocycles. The van der Waals surface area contributed by atoms with Crippen molar-refractivity contribution in [3.05, 3.63) is 41.2 Å². The molecule has 1 amide bonds. The third kappa shape index (κ3) is 6.74. The summed E-state index contributed by atoms with van der Waals surface area (Å²) in [5.41, 5.74) is 9.33. The van der Waals surface area contributed by atoms with Crippen molar-refractivity contribution in [1.82, 2.24) is 25.9 Å². The number of carbonyl (C=O) groups is 1. The summed E-state index contributed by atoms with van der Waals surface area (Å²) in [5.74, 6) is 1.26. The molecule has 29 heavy (non-hydrogen) atoms. The lowest BCUT2D eigenvalue weighted by atomic mass is 10.1. The molecule has 8 heteroatoms. The minimum Gasteiger partial charge on any atom is -0.497 e. The molecule has 0 fully saturated rings. The highest BCUT2D eigenvalue weighted by molar-refractivity contribution is 7.80. The minimum atomic E-state index is -0.120. The van der Waals surface area contributed by atoms with Crippen molar-refractivity contribution in [3.8, 4) is 11.4 Å². The number of thiocarbonyl (C=S) groups is 1. The smallest absolute Gasteiger partial charge is 0.238 e. The van der Waals surface area contributed by atoms with E-state index in [0.29, 0.717) is 23.9 Å². The van der Waals surface area contributed by atoms with Crippen LogP contribution in [0.1, 0.15) is 43.6 Å². The number of nitrogens with zero attached hydrogens (tertiary/aromatic N) is 2. The van der Waals surface area contributed by atoms with Gasteiger partial charge in [0.25, 0.3) is 0 Å². The van der Waals surface area contributed by atoms with E-state index < -0.39 is 0 Å². The largest absolute Gasteiger partial charge is 0.497 e. The van der Waals surface area contributed by atoms with Crippen LogP contribution in [0.4, 0.5) is 0 Å². The molecule has 1 aromatic heterocycles. The maximum Gasteiger partial charge on any atom is 0.238 e. The summed E-state index contributed by atoms with van der Waals surface area (Å²) in [6.07, 6.45) is 1.96. The second kappa shape index (κ2) is 10.8. The van der Waals surface area contributed by atoms with Crippen molar-refractivity contribution < 1.29 is 9.53 Å². The first-order valence-corrected chi connectivity index (χ1v) is 10.2. The Morgan fingerprint density at radius 1 is 1.28 bits per heavy atom. The highest BCUT2D eigenvalue weighted by atomic mass is 32.1. The number of aryl methyl sites for hydroxylation is 1. The number of methoxy groups -OCH3 is 1. The number of carbonyl (C=O) groups excluding carboxylic acids is 1. The van der Waals surface area contributed by atoms with Gasteiger partial charge in [-0.05, 0) is 62.5 Å². The van der Waals surface area contributed by atoms with Crippen LogP contribution in [0.15, 0.2) is 24.3 Å². The van der Waals surface area contributed by atoms with Gasteiger partial charge in [-0.1, -0.05) is 19.9 Å². The Labute approximate surface area is 178 Å². The van der Waals surface area contributed by atoms with E-state index in [2.05, 4.69) is 35.1 Å². The Morgan fingerprint density at radius 2 is 2.03 bits per heavy atom. The van der Waals surface area contributed by atoms with Crippen molar-refractivity contribution in [1.29, 1.82) is 0 Å². The molecule has 7 nitrogen and oxygen atoms in total. The molecule has 0 bridgehead atoms. The van der Waals surface area contributed by atoms with Crippen LogP contribution in [0.25, 0.3) is 5.69 Å². The molecule has 0 atom stereocenters. The highest BCUT2D eigenvalue weighted by Gasteiger charge is 2.14. The number of hydrazine groups is 1. The molecule has 0 radical (unpaired) electrons. The maximum absolute atomic E-state index is 12.2. The fourth-order valence-electron chi connectivity index (χ4n) is 2.98. The van der Waals surface area contributed by atoms with E-state index in [1.807, 2.05) is 42.8 Å². The van der Waals surface area contributed by atoms with Crippen molar-refractivity contribution >= 4 is 23.2 Å². The van der Waals surface area contributed by atoms with Crippen molar-refractivity contribution in [2.45, 2.75) is 47.0 Å². The first-order valence-electron chi connectivity index (χ1n) is 9.84. The van der Waals surface area contributed by atoms with Gasteiger partial charge in [-0.3, -0.25) is 15.6 Å². The van der Waals surface area contributed by atoms with Gasteiger partial charge in [0.2, 0.25) is 5.91 Å². The Bertz CT molecular complexity index is 848. The Kier molecular flexibility index (Phi) is 8.45. The molecular weight excluding hydrogens is 386 g/mol. The Morgan fingerprint density at radius 3 is 2.72 bits per heavy atom. The van der Waals surface area contributed by atoms with Gasteiger partial charge in [-0.15, -0.1) is 0 Å².